The standard InChI is InChI=1S/C5H10N.CH3.V.Y/c1-2-4-6-5-3-1;;;/h1-5H2;1H3;;/q2*-1;;. The summed E-state index contributed by atoms with van der Waals surface area (Å²) in [6.07, 6.45) is 4.07. The molecule has 0 bridgehead atoms. The second-order valence-corrected chi connectivity index (χ2v) is 1.73. The summed E-state index contributed by atoms with van der Waals surface area (Å²) in [5, 5.41) is 4.18. The molecule has 52 valence electrons. The molecule has 2 radical (unpaired) electrons. The van der Waals surface area contributed by atoms with Crippen LogP contribution in [0.2, 0.25) is 0 Å². The van der Waals surface area contributed by atoms with E-state index in [0.29, 0.717) is 0 Å². The van der Waals surface area contributed by atoms with Gasteiger partial charge in [-0.15, -0.1) is 13.1 Å². The SMILES string of the molecule is C1CC[N-]CC1.[CH3-].[V].[Y]. The molecule has 1 aliphatic rings. The summed E-state index contributed by atoms with van der Waals surface area (Å²) in [6.45, 7) is 2.25. The molecular formula is C6H13NVY-2. The minimum absolute atomic E-state index is 0. The fraction of sp³-hybridized carbons (Fsp3) is 0.833. The monoisotopic (exact) mass is 239 g/mol. The van der Waals surface area contributed by atoms with E-state index in [0.717, 1.165) is 13.1 Å². The molecule has 9 heavy (non-hydrogen) atoms. The van der Waals surface area contributed by atoms with Crippen molar-refractivity contribution in [1.29, 1.82) is 0 Å². The quantitative estimate of drug-likeness (QED) is 0.574. The van der Waals surface area contributed by atoms with Crippen LogP contribution in [0.5, 0.6) is 0 Å². The zero-order chi connectivity index (χ0) is 4.24. The largest absolute Gasteiger partial charge is 0.662 e. The molecule has 1 aliphatic heterocycles. The van der Waals surface area contributed by atoms with E-state index in [1.54, 1.807) is 0 Å². The molecule has 0 spiro atoms. The van der Waals surface area contributed by atoms with Crippen molar-refractivity contribution in [1.82, 2.24) is 0 Å². The van der Waals surface area contributed by atoms with E-state index < -0.39 is 0 Å². The third-order valence-electron chi connectivity index (χ3n) is 1.13. The number of rotatable bonds is 0. The molecular weight excluding hydrogens is 226 g/mol. The van der Waals surface area contributed by atoms with E-state index >= 15 is 0 Å². The van der Waals surface area contributed by atoms with E-state index in [4.69, 9.17) is 0 Å². The number of hydrogen-bond acceptors (Lipinski definition) is 0. The average molecular weight is 239 g/mol. The van der Waals surface area contributed by atoms with E-state index in [2.05, 4.69) is 5.32 Å². The molecule has 1 fully saturated rings. The average Bonchev–Trinajstić information content (AvgIpc) is 1.72. The predicted molar refractivity (Wildman–Crippen MR) is 33.4 cm³/mol. The zero-order valence-corrected chi connectivity index (χ0v) is 10.2. The normalized spacial score (nSPS) is 16.0. The van der Waals surface area contributed by atoms with Gasteiger partial charge in [0.1, 0.15) is 0 Å². The summed E-state index contributed by atoms with van der Waals surface area (Å²) in [5.74, 6) is 0. The van der Waals surface area contributed by atoms with E-state index in [-0.39, 0.29) is 58.7 Å². The Morgan fingerprint density at radius 2 is 1.33 bits per heavy atom. The van der Waals surface area contributed by atoms with Crippen molar-refractivity contribution in [2.45, 2.75) is 19.3 Å². The van der Waals surface area contributed by atoms with Crippen LogP contribution in [0.1, 0.15) is 19.3 Å². The van der Waals surface area contributed by atoms with Crippen molar-refractivity contribution < 1.29 is 51.3 Å². The second kappa shape index (κ2) is 12.3. The van der Waals surface area contributed by atoms with Gasteiger partial charge in [0.05, 0.1) is 0 Å². The molecule has 0 saturated carbocycles. The second-order valence-electron chi connectivity index (χ2n) is 1.73. The van der Waals surface area contributed by atoms with Crippen molar-refractivity contribution in [3.8, 4) is 0 Å². The molecule has 3 heteroatoms. The number of piperidine rings is 1. The molecule has 0 aromatic carbocycles. The van der Waals surface area contributed by atoms with Gasteiger partial charge in [0.15, 0.2) is 0 Å². The van der Waals surface area contributed by atoms with Gasteiger partial charge in [-0.25, -0.2) is 0 Å². The summed E-state index contributed by atoms with van der Waals surface area (Å²) < 4.78 is 0. The maximum Gasteiger partial charge on any atom is 0 e. The molecule has 0 N–H and O–H groups in total. The molecule has 0 aromatic rings. The molecule has 1 rings (SSSR count). The van der Waals surface area contributed by atoms with Crippen LogP contribution in [0, 0.1) is 7.43 Å². The third-order valence-corrected chi connectivity index (χ3v) is 1.13. The van der Waals surface area contributed by atoms with Gasteiger partial charge in [0, 0.05) is 51.3 Å². The molecule has 0 aromatic heterocycles. The van der Waals surface area contributed by atoms with Gasteiger partial charge < -0.3 is 12.7 Å². The minimum Gasteiger partial charge on any atom is -0.662 e. The summed E-state index contributed by atoms with van der Waals surface area (Å²) in [6, 6.07) is 0. The van der Waals surface area contributed by atoms with Crippen molar-refractivity contribution in [2.24, 2.45) is 0 Å². The number of nitrogens with zero attached hydrogens (tertiary/aromatic N) is 1. The fourth-order valence-electron chi connectivity index (χ4n) is 0.736. The van der Waals surface area contributed by atoms with Gasteiger partial charge in [-0.3, -0.25) is 0 Å². The predicted octanol–water partition coefficient (Wildman–Crippen LogP) is 1.99. The first-order valence-electron chi connectivity index (χ1n) is 2.63. The molecule has 1 nitrogen and oxygen atoms in total. The van der Waals surface area contributed by atoms with Gasteiger partial charge in [-0.1, -0.05) is 19.3 Å². The van der Waals surface area contributed by atoms with Gasteiger partial charge in [-0.2, -0.15) is 0 Å². The molecule has 1 saturated heterocycles. The van der Waals surface area contributed by atoms with Crippen LogP contribution in [0.3, 0.4) is 0 Å². The van der Waals surface area contributed by atoms with Crippen LogP contribution in [0.4, 0.5) is 0 Å². The smallest absolute Gasteiger partial charge is 0 e. The summed E-state index contributed by atoms with van der Waals surface area (Å²) in [4.78, 5) is 0. The van der Waals surface area contributed by atoms with Gasteiger partial charge in [0.25, 0.3) is 0 Å². The first-order valence-corrected chi connectivity index (χ1v) is 2.63. The molecule has 0 unspecified atom stereocenters. The van der Waals surface area contributed by atoms with Crippen LogP contribution < -0.4 is 0 Å². The Hall–Kier alpha value is 1.65. The van der Waals surface area contributed by atoms with Crippen LogP contribution in [-0.4, -0.2) is 13.1 Å². The van der Waals surface area contributed by atoms with Crippen LogP contribution >= 0.6 is 0 Å². The zero-order valence-electron chi connectivity index (χ0n) is 6.01. The fourth-order valence-corrected chi connectivity index (χ4v) is 0.736. The van der Waals surface area contributed by atoms with Crippen molar-refractivity contribution in [2.75, 3.05) is 13.1 Å². The van der Waals surface area contributed by atoms with Crippen molar-refractivity contribution in [3.05, 3.63) is 12.7 Å². The van der Waals surface area contributed by atoms with Crippen molar-refractivity contribution in [3.63, 3.8) is 0 Å². The van der Waals surface area contributed by atoms with Crippen molar-refractivity contribution >= 4 is 0 Å². The third kappa shape index (κ3) is 9.65. The Labute approximate surface area is 95.5 Å². The molecule has 0 amide bonds. The Bertz CT molecular complexity index is 28.5. The molecule has 0 aliphatic carbocycles. The van der Waals surface area contributed by atoms with Gasteiger partial charge in [-0.05, 0) is 0 Å². The minimum atomic E-state index is 0. The van der Waals surface area contributed by atoms with Crippen LogP contribution in [0.25, 0.3) is 5.32 Å². The topological polar surface area (TPSA) is 14.1 Å². The maximum atomic E-state index is 4.18. The van der Waals surface area contributed by atoms with Gasteiger partial charge >= 0.3 is 0 Å². The number of hydrogen-bond donors (Lipinski definition) is 0. The summed E-state index contributed by atoms with van der Waals surface area (Å²) in [5.41, 5.74) is 0. The molecule has 1 heterocycles. The Balaban J connectivity index is -0.000000120. The summed E-state index contributed by atoms with van der Waals surface area (Å²) >= 11 is 0. The summed E-state index contributed by atoms with van der Waals surface area (Å²) in [7, 11) is 0. The maximum absolute atomic E-state index is 4.18. The van der Waals surface area contributed by atoms with E-state index in [1.165, 1.54) is 19.3 Å². The molecule has 0 atom stereocenters. The van der Waals surface area contributed by atoms with E-state index in [1.807, 2.05) is 0 Å². The van der Waals surface area contributed by atoms with Crippen LogP contribution in [0.15, 0.2) is 0 Å². The van der Waals surface area contributed by atoms with Gasteiger partial charge in [0.2, 0.25) is 0 Å². The Kier molecular flexibility index (Phi) is 23.2. The van der Waals surface area contributed by atoms with E-state index in [9.17, 15) is 0 Å². The van der Waals surface area contributed by atoms with Crippen LogP contribution in [-0.2, 0) is 51.3 Å². The first kappa shape index (κ1) is 16.9. The Morgan fingerprint density at radius 1 is 0.889 bits per heavy atom. The Morgan fingerprint density at radius 3 is 1.44 bits per heavy atom. The first-order chi connectivity index (χ1) is 3.00.